The molecule has 90 valence electrons. The molecule has 0 amide bonds. The number of nitrogens with one attached hydrogen (secondary N) is 1. The highest BCUT2D eigenvalue weighted by atomic mass is 16.5. The molecular formula is C13H27NO. The second-order valence-corrected chi connectivity index (χ2v) is 5.84. The molecule has 0 aliphatic heterocycles. The van der Waals surface area contributed by atoms with Gasteiger partial charge in [-0.3, -0.25) is 0 Å². The second kappa shape index (κ2) is 6.49. The molecule has 0 spiro atoms. The van der Waals surface area contributed by atoms with E-state index >= 15 is 0 Å². The molecular weight excluding hydrogens is 186 g/mol. The van der Waals surface area contributed by atoms with Gasteiger partial charge in [-0.1, -0.05) is 33.6 Å². The van der Waals surface area contributed by atoms with Crippen LogP contribution in [0.2, 0.25) is 0 Å². The minimum atomic E-state index is 0.444. The van der Waals surface area contributed by atoms with Crippen molar-refractivity contribution in [1.82, 2.24) is 5.32 Å². The molecule has 1 N–H and O–H groups in total. The van der Waals surface area contributed by atoms with Crippen molar-refractivity contribution in [3.05, 3.63) is 0 Å². The average Bonchev–Trinajstić information content (AvgIpc) is 2.61. The van der Waals surface area contributed by atoms with E-state index in [9.17, 15) is 0 Å². The highest BCUT2D eigenvalue weighted by Gasteiger charge is 2.14. The topological polar surface area (TPSA) is 21.3 Å². The zero-order valence-corrected chi connectivity index (χ0v) is 10.6. The van der Waals surface area contributed by atoms with Crippen LogP contribution >= 0.6 is 0 Å². The molecule has 0 saturated heterocycles. The van der Waals surface area contributed by atoms with Gasteiger partial charge in [-0.05, 0) is 31.2 Å². The maximum absolute atomic E-state index is 5.77. The Morgan fingerprint density at radius 2 is 1.80 bits per heavy atom. The van der Waals surface area contributed by atoms with Crippen LogP contribution in [0.25, 0.3) is 0 Å². The van der Waals surface area contributed by atoms with Crippen molar-refractivity contribution in [2.75, 3.05) is 19.7 Å². The van der Waals surface area contributed by atoms with Gasteiger partial charge < -0.3 is 10.1 Å². The summed E-state index contributed by atoms with van der Waals surface area (Å²) in [6, 6.07) is 0. The normalized spacial score (nSPS) is 18.6. The summed E-state index contributed by atoms with van der Waals surface area (Å²) in [6.45, 7) is 9.84. The van der Waals surface area contributed by atoms with Crippen molar-refractivity contribution in [2.24, 2.45) is 5.41 Å². The third-order valence-corrected chi connectivity index (χ3v) is 2.99. The van der Waals surface area contributed by atoms with Crippen molar-refractivity contribution >= 4 is 0 Å². The average molecular weight is 213 g/mol. The van der Waals surface area contributed by atoms with Gasteiger partial charge in [0.15, 0.2) is 0 Å². The molecule has 0 bridgehead atoms. The van der Waals surface area contributed by atoms with Gasteiger partial charge in [-0.2, -0.15) is 0 Å². The smallest absolute Gasteiger partial charge is 0.0594 e. The summed E-state index contributed by atoms with van der Waals surface area (Å²) in [5.74, 6) is 0. The molecule has 0 atom stereocenters. The Morgan fingerprint density at radius 3 is 2.40 bits per heavy atom. The van der Waals surface area contributed by atoms with E-state index in [0.717, 1.165) is 19.7 Å². The summed E-state index contributed by atoms with van der Waals surface area (Å²) >= 11 is 0. The van der Waals surface area contributed by atoms with E-state index < -0.39 is 0 Å². The highest BCUT2D eigenvalue weighted by Crippen LogP contribution is 2.20. The minimum Gasteiger partial charge on any atom is -0.377 e. The van der Waals surface area contributed by atoms with Crippen LogP contribution in [0.15, 0.2) is 0 Å². The van der Waals surface area contributed by atoms with Crippen molar-refractivity contribution in [3.63, 3.8) is 0 Å². The molecule has 1 aliphatic carbocycles. The third-order valence-electron chi connectivity index (χ3n) is 2.99. The molecule has 0 unspecified atom stereocenters. The Kier molecular flexibility index (Phi) is 5.62. The van der Waals surface area contributed by atoms with Gasteiger partial charge in [0.2, 0.25) is 0 Å². The Bertz CT molecular complexity index is 156. The summed E-state index contributed by atoms with van der Waals surface area (Å²) < 4.78 is 5.77. The van der Waals surface area contributed by atoms with Gasteiger partial charge in [0.25, 0.3) is 0 Å². The quantitative estimate of drug-likeness (QED) is 0.685. The lowest BCUT2D eigenvalue weighted by Gasteiger charge is -2.18. The van der Waals surface area contributed by atoms with E-state index in [1.54, 1.807) is 0 Å². The first-order chi connectivity index (χ1) is 7.08. The number of ether oxygens (including phenoxy) is 1. The largest absolute Gasteiger partial charge is 0.377 e. The van der Waals surface area contributed by atoms with E-state index in [1.165, 1.54) is 32.1 Å². The molecule has 0 aromatic rings. The van der Waals surface area contributed by atoms with Gasteiger partial charge in [-0.15, -0.1) is 0 Å². The molecule has 1 saturated carbocycles. The second-order valence-electron chi connectivity index (χ2n) is 5.84. The van der Waals surface area contributed by atoms with Crippen LogP contribution in [-0.4, -0.2) is 25.8 Å². The van der Waals surface area contributed by atoms with Crippen molar-refractivity contribution in [2.45, 2.75) is 59.0 Å². The predicted octanol–water partition coefficient (Wildman–Crippen LogP) is 2.97. The molecule has 15 heavy (non-hydrogen) atoms. The Balaban J connectivity index is 1.84. The first-order valence-electron chi connectivity index (χ1n) is 6.40. The number of rotatable bonds is 6. The Hall–Kier alpha value is -0.0800. The minimum absolute atomic E-state index is 0.444. The molecule has 1 aliphatic rings. The highest BCUT2D eigenvalue weighted by molar-refractivity contribution is 4.67. The van der Waals surface area contributed by atoms with E-state index in [1.807, 2.05) is 0 Å². The fourth-order valence-corrected chi connectivity index (χ4v) is 1.94. The molecule has 2 nitrogen and oxygen atoms in total. The fraction of sp³-hybridized carbons (Fsp3) is 1.00. The Labute approximate surface area is 94.8 Å². The maximum Gasteiger partial charge on any atom is 0.0594 e. The summed E-state index contributed by atoms with van der Waals surface area (Å²) in [4.78, 5) is 0. The van der Waals surface area contributed by atoms with Crippen LogP contribution in [0, 0.1) is 5.41 Å². The van der Waals surface area contributed by atoms with E-state index in [2.05, 4.69) is 26.1 Å². The first kappa shape index (κ1) is 13.0. The van der Waals surface area contributed by atoms with Crippen LogP contribution in [-0.2, 0) is 4.74 Å². The van der Waals surface area contributed by atoms with Crippen molar-refractivity contribution in [3.8, 4) is 0 Å². The maximum atomic E-state index is 5.77. The molecule has 0 aromatic heterocycles. The Morgan fingerprint density at radius 1 is 1.13 bits per heavy atom. The monoisotopic (exact) mass is 213 g/mol. The van der Waals surface area contributed by atoms with Crippen LogP contribution in [0.1, 0.15) is 52.9 Å². The molecule has 2 heteroatoms. The summed E-state index contributed by atoms with van der Waals surface area (Å²) in [7, 11) is 0. The number of hydrogen-bond acceptors (Lipinski definition) is 2. The van der Waals surface area contributed by atoms with E-state index in [0.29, 0.717) is 11.5 Å². The first-order valence-corrected chi connectivity index (χ1v) is 6.40. The van der Waals surface area contributed by atoms with Gasteiger partial charge in [0, 0.05) is 6.54 Å². The van der Waals surface area contributed by atoms with Crippen LogP contribution in [0.3, 0.4) is 0 Å². The molecule has 1 rings (SSSR count). The summed E-state index contributed by atoms with van der Waals surface area (Å²) in [5, 5.41) is 3.44. The van der Waals surface area contributed by atoms with Crippen LogP contribution in [0.4, 0.5) is 0 Å². The zero-order valence-electron chi connectivity index (χ0n) is 10.6. The lowest BCUT2D eigenvalue weighted by atomic mass is 9.92. The van der Waals surface area contributed by atoms with E-state index in [-0.39, 0.29) is 0 Å². The zero-order chi connectivity index (χ0) is 11.1. The summed E-state index contributed by atoms with van der Waals surface area (Å²) in [6.07, 6.45) is 7.08. The lowest BCUT2D eigenvalue weighted by molar-refractivity contribution is 0.0601. The SMILES string of the molecule is CC(C)(C)CCNCCOC1CCCC1. The molecule has 0 aromatic carbocycles. The van der Waals surface area contributed by atoms with Gasteiger partial charge >= 0.3 is 0 Å². The molecule has 0 heterocycles. The summed E-state index contributed by atoms with van der Waals surface area (Å²) in [5.41, 5.74) is 0.444. The van der Waals surface area contributed by atoms with Gasteiger partial charge in [0.05, 0.1) is 12.7 Å². The van der Waals surface area contributed by atoms with Crippen molar-refractivity contribution < 1.29 is 4.74 Å². The van der Waals surface area contributed by atoms with Gasteiger partial charge in [0.1, 0.15) is 0 Å². The lowest BCUT2D eigenvalue weighted by Crippen LogP contribution is -2.25. The van der Waals surface area contributed by atoms with Gasteiger partial charge in [-0.25, -0.2) is 0 Å². The van der Waals surface area contributed by atoms with Crippen LogP contribution in [0.5, 0.6) is 0 Å². The predicted molar refractivity (Wildman–Crippen MR) is 65.1 cm³/mol. The molecule has 1 fully saturated rings. The standard InChI is InChI=1S/C13H27NO/c1-13(2,3)8-9-14-10-11-15-12-6-4-5-7-12/h12,14H,4-11H2,1-3H3. The molecule has 0 radical (unpaired) electrons. The third kappa shape index (κ3) is 6.91. The fourth-order valence-electron chi connectivity index (χ4n) is 1.94. The number of hydrogen-bond donors (Lipinski definition) is 1. The van der Waals surface area contributed by atoms with Crippen molar-refractivity contribution in [1.29, 1.82) is 0 Å². The van der Waals surface area contributed by atoms with E-state index in [4.69, 9.17) is 4.74 Å². The van der Waals surface area contributed by atoms with Crippen LogP contribution < -0.4 is 5.32 Å².